The van der Waals surface area contributed by atoms with Crippen LogP contribution in [0, 0.1) is 23.7 Å². The first kappa shape index (κ1) is 47.0. The molecule has 1 N–H and O–H groups in total. The number of allylic oxidation sites excluding steroid dienone is 1. The Hall–Kier alpha value is -4.55. The summed E-state index contributed by atoms with van der Waals surface area (Å²) in [5, 5.41) is 12.8. The van der Waals surface area contributed by atoms with Gasteiger partial charge in [0.05, 0.1) is 43.9 Å². The predicted octanol–water partition coefficient (Wildman–Crippen LogP) is 10.2. The maximum atomic E-state index is 14.4. The lowest BCUT2D eigenvalue weighted by atomic mass is 9.64. The van der Waals surface area contributed by atoms with Crippen molar-refractivity contribution < 1.29 is 37.3 Å². The molecule has 8 rings (SSSR count). The van der Waals surface area contributed by atoms with E-state index in [1.807, 2.05) is 87.5 Å². The van der Waals surface area contributed by atoms with Crippen LogP contribution in [0.15, 0.2) is 96.6 Å². The fourth-order valence-electron chi connectivity index (χ4n) is 10.5. The second-order valence-corrected chi connectivity index (χ2v) is 22.2. The lowest BCUT2D eigenvalue weighted by molar-refractivity contribution is 0.00694. The number of fused-ring (bicyclic) bond motifs is 3. The molecule has 1 heterocycles. The van der Waals surface area contributed by atoms with Crippen LogP contribution in [0.1, 0.15) is 98.8 Å². The van der Waals surface area contributed by atoms with Crippen LogP contribution in [0.4, 0.5) is 5.69 Å². The Morgan fingerprint density at radius 2 is 1.62 bits per heavy atom. The van der Waals surface area contributed by atoms with Gasteiger partial charge in [-0.2, -0.15) is 4.31 Å². The van der Waals surface area contributed by atoms with Gasteiger partial charge >= 0.3 is 5.97 Å². The van der Waals surface area contributed by atoms with Crippen molar-refractivity contribution in [2.45, 2.75) is 103 Å². The Balaban J connectivity index is 0.990. The molecule has 12 heteroatoms. The van der Waals surface area contributed by atoms with E-state index in [0.29, 0.717) is 49.6 Å². The van der Waals surface area contributed by atoms with Gasteiger partial charge in [-0.3, -0.25) is 0 Å². The molecule has 6 atom stereocenters. The molecule has 65 heavy (non-hydrogen) atoms. The maximum Gasteiger partial charge on any atom is 0.338 e. The van der Waals surface area contributed by atoms with Crippen LogP contribution in [-0.4, -0.2) is 75.2 Å². The highest BCUT2D eigenvalue weighted by Crippen LogP contribution is 2.49. The molecule has 1 fully saturated rings. The predicted molar refractivity (Wildman–Crippen MR) is 257 cm³/mol. The van der Waals surface area contributed by atoms with Gasteiger partial charge in [0.1, 0.15) is 22.8 Å². The molecule has 4 aliphatic rings. The summed E-state index contributed by atoms with van der Waals surface area (Å²) in [7, 11) is -0.477. The van der Waals surface area contributed by atoms with E-state index in [2.05, 4.69) is 30.0 Å². The normalized spacial score (nSPS) is 22.6. The van der Waals surface area contributed by atoms with Crippen molar-refractivity contribution in [3.05, 3.63) is 129 Å². The summed E-state index contributed by atoms with van der Waals surface area (Å²) < 4.78 is 53.6. The molecule has 0 amide bonds. The van der Waals surface area contributed by atoms with Crippen LogP contribution in [0.25, 0.3) is 0 Å². The van der Waals surface area contributed by atoms with E-state index >= 15 is 0 Å². The molecule has 0 aromatic heterocycles. The summed E-state index contributed by atoms with van der Waals surface area (Å²) >= 11 is 6.51. The molecule has 10 nitrogen and oxygen atoms in total. The number of benzene rings is 4. The van der Waals surface area contributed by atoms with E-state index in [1.165, 1.54) is 11.1 Å². The van der Waals surface area contributed by atoms with Gasteiger partial charge in [-0.05, 0) is 165 Å². The quantitative estimate of drug-likeness (QED) is 0.0867. The molecule has 0 bridgehead atoms. The number of ether oxygens (including phenoxy) is 4. The number of aliphatic hydroxyl groups is 1. The lowest BCUT2D eigenvalue weighted by Crippen LogP contribution is -2.50. The van der Waals surface area contributed by atoms with Crippen LogP contribution in [0.2, 0.25) is 5.02 Å². The zero-order valence-corrected chi connectivity index (χ0v) is 40.3. The van der Waals surface area contributed by atoms with E-state index in [0.717, 1.165) is 65.3 Å². The smallest absolute Gasteiger partial charge is 0.338 e. The molecule has 1 spiro atoms. The van der Waals surface area contributed by atoms with Gasteiger partial charge in [-0.1, -0.05) is 61.4 Å². The first-order chi connectivity index (χ1) is 31.1. The standard InChI is InChI=1S/C53H65ClN2O8S/c1-7-37(32-65(59,60)56(29-35-10-17-44(61-5)18-11-35)30-36-12-19-45(62-6)20-13-36)41-25-42(26-41)50(57)46-21-14-40(46)31-55-33-53(24-8-9-38-27-43(54)16-22-47(38)53)34-63-49-23-15-39(28-48(49)55)51(58)64-52(2,3)4/h10-13,15-20,22-23,25,27-28,37,40-41,46,50,57H,7-9,14,21,24,26,29-34H2,1-6H3/t37-,40+,41+,46-,50-,53+/m1/s1. The number of hydrogen-bond donors (Lipinski definition) is 1. The van der Waals surface area contributed by atoms with Crippen LogP contribution < -0.4 is 19.1 Å². The molecule has 3 aliphatic carbocycles. The summed E-state index contributed by atoms with van der Waals surface area (Å²) in [4.78, 5) is 15.8. The molecule has 4 aromatic carbocycles. The number of nitrogens with zero attached hydrogens (tertiary/aromatic N) is 2. The van der Waals surface area contributed by atoms with Crippen molar-refractivity contribution in [2.24, 2.45) is 23.7 Å². The minimum absolute atomic E-state index is 0.0191. The summed E-state index contributed by atoms with van der Waals surface area (Å²) in [6.07, 6.45) is 7.77. The van der Waals surface area contributed by atoms with Crippen molar-refractivity contribution in [1.82, 2.24) is 4.31 Å². The zero-order chi connectivity index (χ0) is 46.1. The average Bonchev–Trinajstić information content (AvgIpc) is 3.40. The number of hydrogen-bond acceptors (Lipinski definition) is 9. The molecule has 1 aliphatic heterocycles. The van der Waals surface area contributed by atoms with Crippen molar-refractivity contribution in [3.8, 4) is 17.2 Å². The number of anilines is 1. The van der Waals surface area contributed by atoms with Gasteiger partial charge in [-0.15, -0.1) is 0 Å². The average molecular weight is 926 g/mol. The Labute approximate surface area is 390 Å². The molecular weight excluding hydrogens is 860 g/mol. The number of aliphatic hydroxyl groups excluding tert-OH is 1. The van der Waals surface area contributed by atoms with Gasteiger partial charge in [0.15, 0.2) is 0 Å². The number of rotatable bonds is 16. The Morgan fingerprint density at radius 3 is 2.20 bits per heavy atom. The summed E-state index contributed by atoms with van der Waals surface area (Å²) in [6, 6.07) is 26.9. The van der Waals surface area contributed by atoms with E-state index in [4.69, 9.17) is 30.5 Å². The number of carbonyl (C=O) groups is 1. The molecule has 348 valence electrons. The minimum Gasteiger partial charge on any atom is -0.497 e. The van der Waals surface area contributed by atoms with Crippen LogP contribution >= 0.6 is 11.6 Å². The highest BCUT2D eigenvalue weighted by molar-refractivity contribution is 7.89. The summed E-state index contributed by atoms with van der Waals surface area (Å²) in [6.45, 7) is 10.1. The second kappa shape index (κ2) is 19.4. The van der Waals surface area contributed by atoms with Gasteiger partial charge in [0, 0.05) is 36.6 Å². The topological polar surface area (TPSA) is 115 Å². The van der Waals surface area contributed by atoms with E-state index in [9.17, 15) is 18.3 Å². The van der Waals surface area contributed by atoms with Crippen molar-refractivity contribution in [3.63, 3.8) is 0 Å². The zero-order valence-electron chi connectivity index (χ0n) is 38.7. The van der Waals surface area contributed by atoms with Crippen molar-refractivity contribution in [2.75, 3.05) is 44.6 Å². The highest BCUT2D eigenvalue weighted by atomic mass is 35.5. The third-order valence-electron chi connectivity index (χ3n) is 14.3. The second-order valence-electron chi connectivity index (χ2n) is 19.8. The van der Waals surface area contributed by atoms with E-state index < -0.39 is 21.7 Å². The third-order valence-corrected chi connectivity index (χ3v) is 16.4. The first-order valence-corrected chi connectivity index (χ1v) is 25.2. The number of halogens is 1. The fourth-order valence-corrected chi connectivity index (χ4v) is 12.6. The van der Waals surface area contributed by atoms with Crippen molar-refractivity contribution >= 4 is 33.3 Å². The maximum absolute atomic E-state index is 14.4. The summed E-state index contributed by atoms with van der Waals surface area (Å²) in [5.74, 6) is 2.04. The number of sulfonamides is 1. The largest absolute Gasteiger partial charge is 0.497 e. The Morgan fingerprint density at radius 1 is 0.954 bits per heavy atom. The monoisotopic (exact) mass is 924 g/mol. The minimum atomic E-state index is -3.71. The Kier molecular flexibility index (Phi) is 14.0. The molecule has 0 unspecified atom stereocenters. The number of methoxy groups -OCH3 is 2. The molecule has 0 radical (unpaired) electrons. The third kappa shape index (κ3) is 10.5. The molecule has 1 saturated carbocycles. The fraction of sp³-hybridized carbons (Fsp3) is 0.491. The van der Waals surface area contributed by atoms with Crippen LogP contribution in [0.3, 0.4) is 0 Å². The summed E-state index contributed by atoms with van der Waals surface area (Å²) in [5.41, 5.74) is 5.73. The van der Waals surface area contributed by atoms with Gasteiger partial charge in [0.25, 0.3) is 0 Å². The number of esters is 1. The molecule has 4 aromatic rings. The lowest BCUT2D eigenvalue weighted by Gasteiger charge is -2.47. The molecular formula is C53H65ClN2O8S. The first-order valence-electron chi connectivity index (χ1n) is 23.2. The number of aryl methyl sites for hydroxylation is 1. The molecule has 0 saturated heterocycles. The van der Waals surface area contributed by atoms with Gasteiger partial charge in [-0.25, -0.2) is 13.2 Å². The van der Waals surface area contributed by atoms with Crippen LogP contribution in [0.5, 0.6) is 17.2 Å². The van der Waals surface area contributed by atoms with E-state index in [1.54, 1.807) is 24.6 Å². The van der Waals surface area contributed by atoms with Crippen molar-refractivity contribution in [1.29, 1.82) is 0 Å². The Bertz CT molecular complexity index is 2420. The van der Waals surface area contributed by atoms with Crippen LogP contribution in [-0.2, 0) is 39.7 Å². The van der Waals surface area contributed by atoms with E-state index in [-0.39, 0.29) is 53.9 Å². The number of carbonyl (C=O) groups excluding carboxylic acids is 1. The highest BCUT2D eigenvalue weighted by Gasteiger charge is 2.46. The van der Waals surface area contributed by atoms with Gasteiger partial charge in [0.2, 0.25) is 10.0 Å². The SMILES string of the molecule is CC[C@H](CS(=O)(=O)N(Cc1ccc(OC)cc1)Cc1ccc(OC)cc1)[C@H]1C=C([C@@H](O)[C@@H]2CC[C@H]2CN2C[C@@]3(CCCc4cc(Cl)ccc43)COc3ccc(C(=O)OC(C)(C)C)cc32)C1. The van der Waals surface area contributed by atoms with Gasteiger partial charge < -0.3 is 29.0 Å².